The maximum Gasteiger partial charge on any atom is 0.339 e. The zero-order valence-electron chi connectivity index (χ0n) is 7.31. The van der Waals surface area contributed by atoms with E-state index in [-0.39, 0.29) is 5.88 Å². The number of esters is 1. The van der Waals surface area contributed by atoms with Gasteiger partial charge in [-0.3, -0.25) is 0 Å². The van der Waals surface area contributed by atoms with Crippen LogP contribution in [0.5, 0.6) is 0 Å². The lowest BCUT2D eigenvalue weighted by molar-refractivity contribution is 0.0601. The van der Waals surface area contributed by atoms with Crippen LogP contribution in [0.4, 0.5) is 0 Å². The second-order valence-corrected chi connectivity index (χ2v) is 4.11. The van der Waals surface area contributed by atoms with E-state index in [1.165, 1.54) is 7.11 Å². The minimum atomic E-state index is -0.470. The zero-order chi connectivity index (χ0) is 10.7. The fraction of sp³-hybridized carbons (Fsp3) is 0.222. The van der Waals surface area contributed by atoms with E-state index in [0.717, 1.165) is 4.47 Å². The topological polar surface area (TPSA) is 26.3 Å². The van der Waals surface area contributed by atoms with Crippen molar-refractivity contribution in [2.45, 2.75) is 5.88 Å². The lowest BCUT2D eigenvalue weighted by Crippen LogP contribution is -2.03. The maximum atomic E-state index is 11.3. The molecule has 0 N–H and O–H groups in total. The summed E-state index contributed by atoms with van der Waals surface area (Å²) in [5, 5.41) is 0.343. The number of hydrogen-bond acceptors (Lipinski definition) is 2. The molecule has 0 aromatic heterocycles. The molecule has 0 bridgehead atoms. The van der Waals surface area contributed by atoms with Gasteiger partial charge < -0.3 is 4.74 Å². The highest BCUT2D eigenvalue weighted by molar-refractivity contribution is 9.10. The first kappa shape index (κ1) is 11.8. The number of carbonyl (C=O) groups is 1. The van der Waals surface area contributed by atoms with Gasteiger partial charge in [0.2, 0.25) is 0 Å². The first-order valence-corrected chi connectivity index (χ1v) is 5.43. The molecule has 1 aromatic rings. The lowest BCUT2D eigenvalue weighted by Gasteiger charge is -2.06. The maximum absolute atomic E-state index is 11.3. The van der Waals surface area contributed by atoms with E-state index in [0.29, 0.717) is 16.1 Å². The van der Waals surface area contributed by atoms with Crippen molar-refractivity contribution in [1.82, 2.24) is 0 Å². The average Bonchev–Trinajstić information content (AvgIpc) is 2.19. The third-order valence-corrected chi connectivity index (χ3v) is 2.85. The van der Waals surface area contributed by atoms with Crippen LogP contribution in [0.1, 0.15) is 15.9 Å². The van der Waals surface area contributed by atoms with Crippen molar-refractivity contribution in [2.24, 2.45) is 0 Å². The standard InChI is InChI=1S/C9H7BrCl2O2/c1-14-9(13)7-3-6(10)2-5(4-11)8(7)12/h2-3H,4H2,1H3. The molecule has 14 heavy (non-hydrogen) atoms. The van der Waals surface area contributed by atoms with E-state index in [2.05, 4.69) is 20.7 Å². The summed E-state index contributed by atoms with van der Waals surface area (Å²) in [5.41, 5.74) is 1.02. The summed E-state index contributed by atoms with van der Waals surface area (Å²) in [5.74, 6) is -0.218. The van der Waals surface area contributed by atoms with Gasteiger partial charge in [0, 0.05) is 10.4 Å². The van der Waals surface area contributed by atoms with Crippen molar-refractivity contribution in [2.75, 3.05) is 7.11 Å². The van der Waals surface area contributed by atoms with Gasteiger partial charge in [-0.1, -0.05) is 27.5 Å². The summed E-state index contributed by atoms with van der Waals surface area (Å²) in [4.78, 5) is 11.3. The van der Waals surface area contributed by atoms with Gasteiger partial charge >= 0.3 is 5.97 Å². The molecule has 0 amide bonds. The van der Waals surface area contributed by atoms with Crippen LogP contribution in [-0.2, 0) is 10.6 Å². The number of alkyl halides is 1. The van der Waals surface area contributed by atoms with E-state index < -0.39 is 5.97 Å². The Balaban J connectivity index is 3.29. The molecule has 0 atom stereocenters. The smallest absolute Gasteiger partial charge is 0.339 e. The zero-order valence-corrected chi connectivity index (χ0v) is 10.4. The predicted molar refractivity (Wildman–Crippen MR) is 60.0 cm³/mol. The number of halogens is 3. The average molecular weight is 298 g/mol. The molecule has 0 aliphatic carbocycles. The van der Waals surface area contributed by atoms with Crippen LogP contribution in [0, 0.1) is 0 Å². The number of hydrogen-bond donors (Lipinski definition) is 0. The Kier molecular flexibility index (Phi) is 4.23. The summed E-state index contributed by atoms with van der Waals surface area (Å²) in [6.07, 6.45) is 0. The van der Waals surface area contributed by atoms with Crippen LogP contribution in [-0.4, -0.2) is 13.1 Å². The summed E-state index contributed by atoms with van der Waals surface area (Å²) >= 11 is 14.9. The molecular formula is C9H7BrCl2O2. The van der Waals surface area contributed by atoms with E-state index in [1.807, 2.05) is 0 Å². The Bertz CT molecular complexity index is 366. The number of ether oxygens (including phenoxy) is 1. The van der Waals surface area contributed by atoms with E-state index in [1.54, 1.807) is 12.1 Å². The Labute approximate surface area is 100 Å². The van der Waals surface area contributed by atoms with Crippen LogP contribution < -0.4 is 0 Å². The van der Waals surface area contributed by atoms with Gasteiger partial charge in [-0.15, -0.1) is 11.6 Å². The van der Waals surface area contributed by atoms with Crippen molar-refractivity contribution >= 4 is 45.1 Å². The van der Waals surface area contributed by atoms with Gasteiger partial charge in [0.1, 0.15) is 0 Å². The minimum absolute atomic E-state index is 0.252. The first-order chi connectivity index (χ1) is 6.60. The SMILES string of the molecule is COC(=O)c1cc(Br)cc(CCl)c1Cl. The van der Waals surface area contributed by atoms with Gasteiger partial charge in [-0.05, 0) is 17.7 Å². The van der Waals surface area contributed by atoms with Crippen molar-refractivity contribution in [3.63, 3.8) is 0 Å². The molecule has 76 valence electrons. The molecule has 1 aromatic carbocycles. The van der Waals surface area contributed by atoms with E-state index >= 15 is 0 Å². The summed E-state index contributed by atoms with van der Waals surface area (Å²) < 4.78 is 5.33. The summed E-state index contributed by atoms with van der Waals surface area (Å²) in [6.45, 7) is 0. The third kappa shape index (κ3) is 2.41. The second kappa shape index (κ2) is 5.01. The molecule has 0 aliphatic heterocycles. The van der Waals surface area contributed by atoms with Crippen molar-refractivity contribution in [3.05, 3.63) is 32.8 Å². The van der Waals surface area contributed by atoms with Crippen LogP contribution in [0.2, 0.25) is 5.02 Å². The predicted octanol–water partition coefficient (Wildman–Crippen LogP) is 3.63. The molecule has 2 nitrogen and oxygen atoms in total. The first-order valence-electron chi connectivity index (χ1n) is 3.72. The van der Waals surface area contributed by atoms with Crippen LogP contribution in [0.3, 0.4) is 0 Å². The number of methoxy groups -OCH3 is 1. The largest absolute Gasteiger partial charge is 0.465 e. The van der Waals surface area contributed by atoms with Crippen molar-refractivity contribution in [3.8, 4) is 0 Å². The summed E-state index contributed by atoms with van der Waals surface area (Å²) in [6, 6.07) is 3.37. The molecule has 0 saturated heterocycles. The van der Waals surface area contributed by atoms with Gasteiger partial charge in [-0.25, -0.2) is 4.79 Å². The highest BCUT2D eigenvalue weighted by Gasteiger charge is 2.14. The molecule has 0 unspecified atom stereocenters. The number of rotatable bonds is 2. The van der Waals surface area contributed by atoms with Crippen LogP contribution in [0.15, 0.2) is 16.6 Å². The Hall–Kier alpha value is -0.250. The molecule has 1 rings (SSSR count). The second-order valence-electron chi connectivity index (χ2n) is 2.55. The van der Waals surface area contributed by atoms with E-state index in [4.69, 9.17) is 23.2 Å². The van der Waals surface area contributed by atoms with Crippen LogP contribution >= 0.6 is 39.1 Å². The molecule has 5 heteroatoms. The third-order valence-electron chi connectivity index (χ3n) is 1.66. The van der Waals surface area contributed by atoms with Gasteiger partial charge in [0.05, 0.1) is 17.7 Å². The Morgan fingerprint density at radius 1 is 1.57 bits per heavy atom. The monoisotopic (exact) mass is 296 g/mol. The lowest BCUT2D eigenvalue weighted by atomic mass is 10.1. The fourth-order valence-electron chi connectivity index (χ4n) is 1.00. The van der Waals surface area contributed by atoms with Crippen LogP contribution in [0.25, 0.3) is 0 Å². The molecule has 0 spiro atoms. The highest BCUT2D eigenvalue weighted by atomic mass is 79.9. The van der Waals surface area contributed by atoms with Gasteiger partial charge in [0.25, 0.3) is 0 Å². The molecule has 0 fully saturated rings. The van der Waals surface area contributed by atoms with Gasteiger partial charge in [-0.2, -0.15) is 0 Å². The molecule has 0 radical (unpaired) electrons. The molecule has 0 saturated carbocycles. The molecule has 0 heterocycles. The van der Waals surface area contributed by atoms with E-state index in [9.17, 15) is 4.79 Å². The quantitative estimate of drug-likeness (QED) is 0.615. The van der Waals surface area contributed by atoms with Crippen molar-refractivity contribution in [1.29, 1.82) is 0 Å². The number of carbonyl (C=O) groups excluding carboxylic acids is 1. The highest BCUT2D eigenvalue weighted by Crippen LogP contribution is 2.27. The van der Waals surface area contributed by atoms with Gasteiger partial charge in [0.15, 0.2) is 0 Å². The molecule has 0 aliphatic rings. The minimum Gasteiger partial charge on any atom is -0.465 e. The number of benzene rings is 1. The fourth-order valence-corrected chi connectivity index (χ4v) is 2.04. The normalized spacial score (nSPS) is 10.0. The summed E-state index contributed by atoms with van der Waals surface area (Å²) in [7, 11) is 1.31. The Morgan fingerprint density at radius 3 is 2.71 bits per heavy atom. The Morgan fingerprint density at radius 2 is 2.21 bits per heavy atom. The molecular weight excluding hydrogens is 291 g/mol. The van der Waals surface area contributed by atoms with Crippen molar-refractivity contribution < 1.29 is 9.53 Å².